The van der Waals surface area contributed by atoms with Crippen LogP contribution in [-0.4, -0.2) is 14.9 Å². The van der Waals surface area contributed by atoms with Crippen LogP contribution in [0.5, 0.6) is 0 Å². The van der Waals surface area contributed by atoms with Crippen LogP contribution in [0.2, 0.25) is 5.02 Å². The number of nitro benzene ring substituents is 1. The predicted octanol–water partition coefficient (Wildman–Crippen LogP) is 5.59. The van der Waals surface area contributed by atoms with E-state index < -0.39 is 10.7 Å². The fourth-order valence-corrected chi connectivity index (χ4v) is 3.01. The van der Waals surface area contributed by atoms with E-state index in [-0.39, 0.29) is 17.1 Å². The molecule has 0 saturated heterocycles. The Morgan fingerprint density at radius 1 is 1.28 bits per heavy atom. The SMILES string of the molecule is N#C/C(=C/c1ccc(-c2cc([N+](=O)[O-])ccc2Cl)o1)c1nc2ccc(F)cc2[nH]1. The molecule has 7 nitrogen and oxygen atoms in total. The zero-order valence-corrected chi connectivity index (χ0v) is 15.3. The second-order valence-corrected chi connectivity index (χ2v) is 6.45. The number of benzene rings is 2. The smallest absolute Gasteiger partial charge is 0.270 e. The van der Waals surface area contributed by atoms with Gasteiger partial charge in [0.2, 0.25) is 0 Å². The molecule has 2 aromatic carbocycles. The van der Waals surface area contributed by atoms with Gasteiger partial charge in [-0.05, 0) is 36.4 Å². The first-order valence-corrected chi connectivity index (χ1v) is 8.64. The lowest BCUT2D eigenvalue weighted by Crippen LogP contribution is -1.88. The number of allylic oxidation sites excluding steroid dienone is 1. The zero-order chi connectivity index (χ0) is 20.5. The van der Waals surface area contributed by atoms with Crippen molar-refractivity contribution in [2.75, 3.05) is 0 Å². The number of nitro groups is 1. The molecule has 0 radical (unpaired) electrons. The third-order valence-electron chi connectivity index (χ3n) is 4.16. The van der Waals surface area contributed by atoms with Crippen molar-refractivity contribution < 1.29 is 13.7 Å². The van der Waals surface area contributed by atoms with E-state index in [1.54, 1.807) is 12.1 Å². The van der Waals surface area contributed by atoms with E-state index in [4.69, 9.17) is 16.0 Å². The van der Waals surface area contributed by atoms with Gasteiger partial charge in [0, 0.05) is 23.8 Å². The second-order valence-electron chi connectivity index (χ2n) is 6.04. The first-order chi connectivity index (χ1) is 13.9. The molecule has 4 rings (SSSR count). The molecule has 0 aliphatic rings. The first-order valence-electron chi connectivity index (χ1n) is 8.26. The third kappa shape index (κ3) is 3.59. The highest BCUT2D eigenvalue weighted by Crippen LogP contribution is 2.33. The number of imidazole rings is 1. The fourth-order valence-electron chi connectivity index (χ4n) is 2.80. The summed E-state index contributed by atoms with van der Waals surface area (Å²) >= 11 is 6.14. The maximum absolute atomic E-state index is 13.4. The molecule has 2 heterocycles. The largest absolute Gasteiger partial charge is 0.457 e. The van der Waals surface area contributed by atoms with Gasteiger partial charge in [-0.25, -0.2) is 9.37 Å². The van der Waals surface area contributed by atoms with Crippen LogP contribution in [0.4, 0.5) is 10.1 Å². The molecule has 142 valence electrons. The van der Waals surface area contributed by atoms with Crippen molar-refractivity contribution in [1.82, 2.24) is 9.97 Å². The van der Waals surface area contributed by atoms with Crippen molar-refractivity contribution in [2.24, 2.45) is 0 Å². The zero-order valence-electron chi connectivity index (χ0n) is 14.5. The van der Waals surface area contributed by atoms with E-state index >= 15 is 0 Å². The number of non-ortho nitro benzene ring substituents is 1. The van der Waals surface area contributed by atoms with Crippen molar-refractivity contribution >= 4 is 40.0 Å². The van der Waals surface area contributed by atoms with Crippen LogP contribution in [0.3, 0.4) is 0 Å². The summed E-state index contributed by atoms with van der Waals surface area (Å²) in [7, 11) is 0. The quantitative estimate of drug-likeness (QED) is 0.269. The highest BCUT2D eigenvalue weighted by atomic mass is 35.5. The number of nitrogens with zero attached hydrogens (tertiary/aromatic N) is 3. The highest BCUT2D eigenvalue weighted by Gasteiger charge is 2.15. The van der Waals surface area contributed by atoms with Gasteiger partial charge in [0.15, 0.2) is 0 Å². The number of halogens is 2. The minimum absolute atomic E-state index is 0.120. The van der Waals surface area contributed by atoms with Crippen LogP contribution < -0.4 is 0 Å². The average Bonchev–Trinajstić information content (AvgIpc) is 3.32. The van der Waals surface area contributed by atoms with Gasteiger partial charge in [-0.1, -0.05) is 11.6 Å². The summed E-state index contributed by atoms with van der Waals surface area (Å²) in [4.78, 5) is 17.6. The van der Waals surface area contributed by atoms with E-state index in [9.17, 15) is 19.8 Å². The Hall–Kier alpha value is -3.96. The third-order valence-corrected chi connectivity index (χ3v) is 4.49. The lowest BCUT2D eigenvalue weighted by Gasteiger charge is -2.00. The predicted molar refractivity (Wildman–Crippen MR) is 105 cm³/mol. The van der Waals surface area contributed by atoms with Crippen molar-refractivity contribution in [2.45, 2.75) is 0 Å². The fraction of sp³-hybridized carbons (Fsp3) is 0. The summed E-state index contributed by atoms with van der Waals surface area (Å²) in [5.41, 5.74) is 1.40. The molecule has 0 fully saturated rings. The topological polar surface area (TPSA) is 109 Å². The van der Waals surface area contributed by atoms with Gasteiger partial charge in [-0.3, -0.25) is 10.1 Å². The van der Waals surface area contributed by atoms with Gasteiger partial charge in [0.1, 0.15) is 29.2 Å². The molecule has 0 saturated carbocycles. The minimum atomic E-state index is -0.526. The molecule has 2 aromatic heterocycles. The monoisotopic (exact) mass is 408 g/mol. The molecular weight excluding hydrogens is 399 g/mol. The van der Waals surface area contributed by atoms with Crippen molar-refractivity contribution in [3.63, 3.8) is 0 Å². The summed E-state index contributed by atoms with van der Waals surface area (Å²) in [5, 5.41) is 20.8. The number of hydrogen-bond donors (Lipinski definition) is 1. The molecule has 0 unspecified atom stereocenters. The number of aromatic nitrogens is 2. The molecule has 0 spiro atoms. The van der Waals surface area contributed by atoms with Gasteiger partial charge in [-0.15, -0.1) is 0 Å². The molecule has 0 atom stereocenters. The van der Waals surface area contributed by atoms with Crippen molar-refractivity contribution in [3.05, 3.63) is 81.1 Å². The van der Waals surface area contributed by atoms with Crippen molar-refractivity contribution in [1.29, 1.82) is 5.26 Å². The average molecular weight is 409 g/mol. The van der Waals surface area contributed by atoms with Crippen molar-refractivity contribution in [3.8, 4) is 17.4 Å². The number of nitrogens with one attached hydrogen (secondary N) is 1. The molecule has 0 bridgehead atoms. The molecule has 0 aliphatic heterocycles. The molecule has 9 heteroatoms. The number of furan rings is 1. The van der Waals surface area contributed by atoms with Crippen LogP contribution in [0.1, 0.15) is 11.6 Å². The molecule has 1 N–H and O–H groups in total. The summed E-state index contributed by atoms with van der Waals surface area (Å²) in [6.07, 6.45) is 1.46. The van der Waals surface area contributed by atoms with Gasteiger partial charge in [-0.2, -0.15) is 5.26 Å². The second kappa shape index (κ2) is 7.22. The Morgan fingerprint density at radius 3 is 2.86 bits per heavy atom. The van der Waals surface area contributed by atoms with E-state index in [1.807, 2.05) is 6.07 Å². The van der Waals surface area contributed by atoms with E-state index in [0.717, 1.165) is 0 Å². The van der Waals surface area contributed by atoms with Gasteiger partial charge >= 0.3 is 0 Å². The Kier molecular flexibility index (Phi) is 4.58. The van der Waals surface area contributed by atoms with E-state index in [1.165, 1.54) is 42.5 Å². The lowest BCUT2D eigenvalue weighted by atomic mass is 10.1. The summed E-state index contributed by atoms with van der Waals surface area (Å²) in [6, 6.07) is 13.3. The van der Waals surface area contributed by atoms with Crippen LogP contribution in [0, 0.1) is 27.3 Å². The van der Waals surface area contributed by atoms with Crippen LogP contribution in [0.25, 0.3) is 34.0 Å². The Morgan fingerprint density at radius 2 is 2.10 bits per heavy atom. The molecule has 0 amide bonds. The first kappa shape index (κ1) is 18.4. The Bertz CT molecular complexity index is 1330. The number of fused-ring (bicyclic) bond motifs is 1. The maximum Gasteiger partial charge on any atom is 0.270 e. The van der Waals surface area contributed by atoms with E-state index in [2.05, 4.69) is 9.97 Å². The summed E-state index contributed by atoms with van der Waals surface area (Å²) in [6.45, 7) is 0. The number of rotatable bonds is 4. The number of nitriles is 1. The summed E-state index contributed by atoms with van der Waals surface area (Å²) in [5.74, 6) is 0.485. The number of hydrogen-bond acceptors (Lipinski definition) is 5. The Balaban J connectivity index is 1.71. The van der Waals surface area contributed by atoms with Crippen LogP contribution in [-0.2, 0) is 0 Å². The molecule has 4 aromatic rings. The van der Waals surface area contributed by atoms with E-state index in [0.29, 0.717) is 33.1 Å². The molecular formula is C20H10ClFN4O3. The highest BCUT2D eigenvalue weighted by molar-refractivity contribution is 6.33. The molecule has 29 heavy (non-hydrogen) atoms. The van der Waals surface area contributed by atoms with Crippen LogP contribution >= 0.6 is 11.6 Å². The van der Waals surface area contributed by atoms with Crippen LogP contribution in [0.15, 0.2) is 52.9 Å². The van der Waals surface area contributed by atoms with Gasteiger partial charge in [0.05, 0.1) is 26.6 Å². The molecule has 0 aliphatic carbocycles. The van der Waals surface area contributed by atoms with Gasteiger partial charge in [0.25, 0.3) is 5.69 Å². The maximum atomic E-state index is 13.4. The lowest BCUT2D eigenvalue weighted by molar-refractivity contribution is -0.384. The summed E-state index contributed by atoms with van der Waals surface area (Å²) < 4.78 is 19.1. The standard InChI is InChI=1S/C20H10ClFN4O3/c21-16-4-2-13(26(27)28)9-15(16)19-6-3-14(29-19)7-11(10-23)20-24-17-5-1-12(22)8-18(17)25-20/h1-9H,(H,24,25)/b11-7-. The number of H-pyrrole nitrogens is 1. The number of aromatic amines is 1. The normalized spacial score (nSPS) is 11.6. The Labute approximate surface area is 167 Å². The minimum Gasteiger partial charge on any atom is -0.457 e. The van der Waals surface area contributed by atoms with Gasteiger partial charge < -0.3 is 9.40 Å².